The van der Waals surface area contributed by atoms with Crippen LogP contribution in [0.5, 0.6) is 0 Å². The number of hydrogen-bond donors (Lipinski definition) is 1. The third-order valence-corrected chi connectivity index (χ3v) is 4.36. The van der Waals surface area contributed by atoms with Crippen LogP contribution < -0.4 is 5.32 Å². The monoisotopic (exact) mass is 340 g/mol. The summed E-state index contributed by atoms with van der Waals surface area (Å²) in [5.74, 6) is 1.19. The number of carbonyl (C=O) groups excluding carboxylic acids is 1. The lowest BCUT2D eigenvalue weighted by Gasteiger charge is -2.32. The van der Waals surface area contributed by atoms with E-state index in [1.165, 1.54) is 6.20 Å². The van der Waals surface area contributed by atoms with Crippen molar-refractivity contribution in [3.05, 3.63) is 54.0 Å². The van der Waals surface area contributed by atoms with Crippen molar-refractivity contribution in [2.24, 2.45) is 5.92 Å². The predicted molar refractivity (Wildman–Crippen MR) is 96.0 cm³/mol. The third-order valence-electron chi connectivity index (χ3n) is 4.36. The number of aryl methyl sites for hydroxylation is 1. The quantitative estimate of drug-likeness (QED) is 0.875. The maximum atomic E-state index is 12.1. The first kappa shape index (κ1) is 17.4. The standard InChI is InChI=1S/C19H24N4O2/c1-15-11-21-18(13-20-15)19(24)22-12-16-5-2-8-23(14-16)9-3-6-17-7-4-10-25-17/h3-4,6-7,10-11,13,16H,2,5,8-9,12,14H2,1H3,(H,22,24). The zero-order chi connectivity index (χ0) is 17.5. The van der Waals surface area contributed by atoms with Crippen LogP contribution in [0.3, 0.4) is 0 Å². The fraction of sp³-hybridized carbons (Fsp3) is 0.421. The number of amides is 1. The number of aromatic nitrogens is 2. The van der Waals surface area contributed by atoms with Crippen LogP contribution in [0.2, 0.25) is 0 Å². The van der Waals surface area contributed by atoms with Crippen molar-refractivity contribution in [2.45, 2.75) is 19.8 Å². The van der Waals surface area contributed by atoms with Crippen LogP contribution in [0.25, 0.3) is 6.08 Å². The van der Waals surface area contributed by atoms with Gasteiger partial charge in [0.2, 0.25) is 0 Å². The van der Waals surface area contributed by atoms with E-state index in [2.05, 4.69) is 26.3 Å². The first-order valence-corrected chi connectivity index (χ1v) is 8.70. The van der Waals surface area contributed by atoms with Crippen molar-refractivity contribution in [1.29, 1.82) is 0 Å². The van der Waals surface area contributed by atoms with Crippen LogP contribution in [-0.2, 0) is 0 Å². The third kappa shape index (κ3) is 5.26. The molecule has 1 unspecified atom stereocenters. The van der Waals surface area contributed by atoms with Crippen molar-refractivity contribution in [3.63, 3.8) is 0 Å². The number of piperidine rings is 1. The highest BCUT2D eigenvalue weighted by molar-refractivity contribution is 5.91. The Morgan fingerprint density at radius 2 is 2.36 bits per heavy atom. The van der Waals surface area contributed by atoms with Crippen molar-refractivity contribution < 1.29 is 9.21 Å². The summed E-state index contributed by atoms with van der Waals surface area (Å²) in [5, 5.41) is 2.99. The number of nitrogens with zero attached hydrogens (tertiary/aromatic N) is 3. The van der Waals surface area contributed by atoms with Crippen LogP contribution in [0, 0.1) is 12.8 Å². The van der Waals surface area contributed by atoms with Gasteiger partial charge >= 0.3 is 0 Å². The van der Waals surface area contributed by atoms with E-state index >= 15 is 0 Å². The topological polar surface area (TPSA) is 71.3 Å². The van der Waals surface area contributed by atoms with E-state index in [4.69, 9.17) is 4.42 Å². The molecule has 0 spiro atoms. The summed E-state index contributed by atoms with van der Waals surface area (Å²) in [5.41, 5.74) is 1.18. The van der Waals surface area contributed by atoms with Crippen molar-refractivity contribution in [2.75, 3.05) is 26.2 Å². The van der Waals surface area contributed by atoms with Gasteiger partial charge in [-0.1, -0.05) is 6.08 Å². The molecule has 1 saturated heterocycles. The second-order valence-corrected chi connectivity index (χ2v) is 6.44. The van der Waals surface area contributed by atoms with Gasteiger partial charge in [0.05, 0.1) is 18.2 Å². The lowest BCUT2D eigenvalue weighted by atomic mass is 9.98. The molecular formula is C19H24N4O2. The lowest BCUT2D eigenvalue weighted by Crippen LogP contribution is -2.41. The number of nitrogens with one attached hydrogen (secondary N) is 1. The van der Waals surface area contributed by atoms with Crippen LogP contribution in [0.4, 0.5) is 0 Å². The molecule has 25 heavy (non-hydrogen) atoms. The van der Waals surface area contributed by atoms with Gasteiger partial charge in [-0.25, -0.2) is 4.98 Å². The summed E-state index contributed by atoms with van der Waals surface area (Å²) in [7, 11) is 0. The van der Waals surface area contributed by atoms with E-state index < -0.39 is 0 Å². The summed E-state index contributed by atoms with van der Waals surface area (Å²) >= 11 is 0. The van der Waals surface area contributed by atoms with Crippen LogP contribution in [0.15, 0.2) is 41.3 Å². The first-order chi connectivity index (χ1) is 12.2. The minimum absolute atomic E-state index is 0.151. The Labute approximate surface area is 148 Å². The Balaban J connectivity index is 1.43. The fourth-order valence-corrected chi connectivity index (χ4v) is 3.03. The molecule has 3 rings (SSSR count). The number of likely N-dealkylation sites (tertiary alicyclic amines) is 1. The molecule has 0 aromatic carbocycles. The largest absolute Gasteiger partial charge is 0.465 e. The van der Waals surface area contributed by atoms with Gasteiger partial charge in [-0.15, -0.1) is 0 Å². The SMILES string of the molecule is Cc1cnc(C(=O)NCC2CCCN(CC=Cc3ccco3)C2)cn1. The molecule has 1 aliphatic heterocycles. The number of carbonyl (C=O) groups is 1. The van der Waals surface area contributed by atoms with Crippen LogP contribution in [0.1, 0.15) is 34.8 Å². The van der Waals surface area contributed by atoms with E-state index in [0.29, 0.717) is 18.2 Å². The van der Waals surface area contributed by atoms with Gasteiger partial charge in [-0.2, -0.15) is 0 Å². The molecule has 1 amide bonds. The molecule has 2 aromatic rings. The van der Waals surface area contributed by atoms with Gasteiger partial charge in [0.25, 0.3) is 5.91 Å². The minimum atomic E-state index is -0.151. The molecule has 0 aliphatic carbocycles. The van der Waals surface area contributed by atoms with E-state index in [9.17, 15) is 4.79 Å². The Kier molecular flexibility index (Phi) is 5.95. The average Bonchev–Trinajstić information content (AvgIpc) is 3.14. The summed E-state index contributed by atoms with van der Waals surface area (Å²) in [6.45, 7) is 5.51. The molecule has 1 aliphatic rings. The maximum absolute atomic E-state index is 12.1. The Morgan fingerprint density at radius 3 is 3.12 bits per heavy atom. The van der Waals surface area contributed by atoms with Crippen molar-refractivity contribution in [1.82, 2.24) is 20.2 Å². The maximum Gasteiger partial charge on any atom is 0.271 e. The van der Waals surface area contributed by atoms with Gasteiger partial charge in [0, 0.05) is 25.8 Å². The number of furan rings is 1. The van der Waals surface area contributed by atoms with E-state index in [-0.39, 0.29) is 5.91 Å². The zero-order valence-corrected chi connectivity index (χ0v) is 14.5. The van der Waals surface area contributed by atoms with Gasteiger partial charge in [-0.05, 0) is 50.4 Å². The highest BCUT2D eigenvalue weighted by atomic mass is 16.3. The second-order valence-electron chi connectivity index (χ2n) is 6.44. The summed E-state index contributed by atoms with van der Waals surface area (Å²) < 4.78 is 5.29. The highest BCUT2D eigenvalue weighted by Gasteiger charge is 2.20. The smallest absolute Gasteiger partial charge is 0.271 e. The molecule has 132 valence electrons. The summed E-state index contributed by atoms with van der Waals surface area (Å²) in [4.78, 5) is 22.8. The molecule has 1 N–H and O–H groups in total. The molecular weight excluding hydrogens is 316 g/mol. The number of rotatable bonds is 6. The predicted octanol–water partition coefficient (Wildman–Crippen LogP) is 2.53. The van der Waals surface area contributed by atoms with E-state index in [0.717, 1.165) is 43.9 Å². The molecule has 0 saturated carbocycles. The molecule has 6 nitrogen and oxygen atoms in total. The van der Waals surface area contributed by atoms with E-state index in [1.807, 2.05) is 25.1 Å². The van der Waals surface area contributed by atoms with Gasteiger partial charge in [0.15, 0.2) is 0 Å². The van der Waals surface area contributed by atoms with Crippen molar-refractivity contribution in [3.8, 4) is 0 Å². The Bertz CT molecular complexity index is 695. The molecule has 0 radical (unpaired) electrons. The van der Waals surface area contributed by atoms with E-state index in [1.54, 1.807) is 12.5 Å². The molecule has 3 heterocycles. The molecule has 6 heteroatoms. The van der Waals surface area contributed by atoms with Crippen LogP contribution >= 0.6 is 0 Å². The normalized spacial score (nSPS) is 18.5. The second kappa shape index (κ2) is 8.58. The zero-order valence-electron chi connectivity index (χ0n) is 14.5. The Morgan fingerprint density at radius 1 is 1.44 bits per heavy atom. The molecule has 1 atom stereocenters. The minimum Gasteiger partial charge on any atom is -0.465 e. The molecule has 1 fully saturated rings. The van der Waals surface area contributed by atoms with Gasteiger partial charge in [0.1, 0.15) is 11.5 Å². The summed E-state index contributed by atoms with van der Waals surface area (Å²) in [6.07, 6.45) is 11.2. The van der Waals surface area contributed by atoms with Gasteiger partial charge in [-0.3, -0.25) is 14.7 Å². The highest BCUT2D eigenvalue weighted by Crippen LogP contribution is 2.16. The van der Waals surface area contributed by atoms with Crippen LogP contribution in [-0.4, -0.2) is 47.0 Å². The lowest BCUT2D eigenvalue weighted by molar-refractivity contribution is 0.0929. The van der Waals surface area contributed by atoms with Gasteiger partial charge < -0.3 is 9.73 Å². The van der Waals surface area contributed by atoms with Crippen molar-refractivity contribution >= 4 is 12.0 Å². The Hall–Kier alpha value is -2.47. The average molecular weight is 340 g/mol. The summed E-state index contributed by atoms with van der Waals surface area (Å²) in [6, 6.07) is 3.83. The fourth-order valence-electron chi connectivity index (χ4n) is 3.03. The molecule has 0 bridgehead atoms. The molecule has 2 aromatic heterocycles. The number of hydrogen-bond acceptors (Lipinski definition) is 5. The first-order valence-electron chi connectivity index (χ1n) is 8.70.